The number of imidazole rings is 1. The smallest absolute Gasteiger partial charge is 0.130 e. The Labute approximate surface area is 135 Å². The Morgan fingerprint density at radius 1 is 1.17 bits per heavy atom. The first-order valence-corrected chi connectivity index (χ1v) is 7.65. The van der Waals surface area contributed by atoms with E-state index in [9.17, 15) is 4.39 Å². The average Bonchev–Trinajstić information content (AvgIpc) is 2.95. The molecule has 0 aliphatic heterocycles. The van der Waals surface area contributed by atoms with E-state index in [1.165, 1.54) is 17.2 Å². The number of rotatable bonds is 5. The van der Waals surface area contributed by atoms with Crippen molar-refractivity contribution in [3.05, 3.63) is 89.3 Å². The maximum absolute atomic E-state index is 14.3. The van der Waals surface area contributed by atoms with E-state index in [1.54, 1.807) is 18.3 Å². The maximum atomic E-state index is 14.3. The number of aromatic nitrogens is 2. The third kappa shape index (κ3) is 3.48. The van der Waals surface area contributed by atoms with Crippen LogP contribution in [0.4, 0.5) is 4.39 Å². The van der Waals surface area contributed by atoms with Gasteiger partial charge in [-0.25, -0.2) is 9.37 Å². The van der Waals surface area contributed by atoms with Gasteiger partial charge in [-0.2, -0.15) is 0 Å². The van der Waals surface area contributed by atoms with Gasteiger partial charge >= 0.3 is 0 Å². The van der Waals surface area contributed by atoms with Gasteiger partial charge in [0.05, 0.1) is 6.04 Å². The minimum Gasteiger partial charge on any atom is -0.336 e. The molecule has 3 rings (SSSR count). The molecule has 0 radical (unpaired) electrons. The maximum Gasteiger partial charge on any atom is 0.130 e. The molecule has 0 bridgehead atoms. The standard InChI is InChI=1S/C19H20FN3/c1-14-6-5-7-15(12-14)13-22-18(19-21-10-11-23(19)2)16-8-3-4-9-17(16)20/h3-12,18,22H,13H2,1-2H3/t18-/m1/s1. The van der Waals surface area contributed by atoms with Crippen LogP contribution in [0, 0.1) is 12.7 Å². The summed E-state index contributed by atoms with van der Waals surface area (Å²) in [5.74, 6) is 0.569. The second kappa shape index (κ2) is 6.75. The fourth-order valence-electron chi connectivity index (χ4n) is 2.75. The molecule has 0 unspecified atom stereocenters. The lowest BCUT2D eigenvalue weighted by Gasteiger charge is -2.20. The van der Waals surface area contributed by atoms with Crippen LogP contribution in [-0.4, -0.2) is 9.55 Å². The lowest BCUT2D eigenvalue weighted by molar-refractivity contribution is 0.520. The molecule has 0 saturated heterocycles. The Hall–Kier alpha value is -2.46. The number of aryl methyl sites for hydroxylation is 2. The molecule has 118 valence electrons. The van der Waals surface area contributed by atoms with Crippen LogP contribution in [0.1, 0.15) is 28.6 Å². The van der Waals surface area contributed by atoms with E-state index in [2.05, 4.69) is 35.4 Å². The summed E-state index contributed by atoms with van der Waals surface area (Å²) in [6.45, 7) is 2.71. The second-order valence-electron chi connectivity index (χ2n) is 5.72. The van der Waals surface area contributed by atoms with Crippen LogP contribution in [-0.2, 0) is 13.6 Å². The first-order valence-electron chi connectivity index (χ1n) is 7.65. The molecule has 1 N–H and O–H groups in total. The van der Waals surface area contributed by atoms with Gasteiger partial charge in [-0.15, -0.1) is 0 Å². The van der Waals surface area contributed by atoms with E-state index < -0.39 is 0 Å². The summed E-state index contributed by atoms with van der Waals surface area (Å²) in [4.78, 5) is 4.40. The normalized spacial score (nSPS) is 12.3. The number of hydrogen-bond donors (Lipinski definition) is 1. The van der Waals surface area contributed by atoms with Crippen LogP contribution < -0.4 is 5.32 Å². The third-order valence-electron chi connectivity index (χ3n) is 3.93. The summed E-state index contributed by atoms with van der Waals surface area (Å²) < 4.78 is 16.2. The first-order chi connectivity index (χ1) is 11.1. The monoisotopic (exact) mass is 309 g/mol. The molecule has 0 fully saturated rings. The van der Waals surface area contributed by atoms with Crippen molar-refractivity contribution in [1.29, 1.82) is 0 Å². The van der Waals surface area contributed by atoms with Gasteiger partial charge in [-0.1, -0.05) is 48.0 Å². The summed E-state index contributed by atoms with van der Waals surface area (Å²) in [7, 11) is 1.92. The topological polar surface area (TPSA) is 29.9 Å². The minimum absolute atomic E-state index is 0.225. The second-order valence-corrected chi connectivity index (χ2v) is 5.72. The van der Waals surface area contributed by atoms with Gasteiger partial charge in [0.25, 0.3) is 0 Å². The highest BCUT2D eigenvalue weighted by molar-refractivity contribution is 5.28. The Kier molecular flexibility index (Phi) is 4.53. The summed E-state index contributed by atoms with van der Waals surface area (Å²) in [5, 5.41) is 3.44. The van der Waals surface area contributed by atoms with Crippen LogP contribution in [0.5, 0.6) is 0 Å². The van der Waals surface area contributed by atoms with E-state index in [1.807, 2.05) is 29.9 Å². The molecule has 0 aliphatic rings. The van der Waals surface area contributed by atoms with Gasteiger partial charge in [0.1, 0.15) is 11.6 Å². The van der Waals surface area contributed by atoms with E-state index in [0.717, 1.165) is 5.82 Å². The van der Waals surface area contributed by atoms with E-state index in [0.29, 0.717) is 12.1 Å². The fourth-order valence-corrected chi connectivity index (χ4v) is 2.75. The molecule has 1 aromatic heterocycles. The van der Waals surface area contributed by atoms with Gasteiger partial charge in [0, 0.05) is 31.5 Å². The molecule has 0 aliphatic carbocycles. The molecule has 0 amide bonds. The van der Waals surface area contributed by atoms with Gasteiger partial charge in [0.2, 0.25) is 0 Å². The van der Waals surface area contributed by atoms with Crippen LogP contribution in [0.15, 0.2) is 60.9 Å². The van der Waals surface area contributed by atoms with E-state index >= 15 is 0 Å². The number of nitrogens with one attached hydrogen (secondary N) is 1. The van der Waals surface area contributed by atoms with Crippen molar-refractivity contribution < 1.29 is 4.39 Å². The predicted octanol–water partition coefficient (Wildman–Crippen LogP) is 3.75. The Balaban J connectivity index is 1.90. The molecule has 3 nitrogen and oxygen atoms in total. The highest BCUT2D eigenvalue weighted by Gasteiger charge is 2.20. The molecule has 0 spiro atoms. The SMILES string of the molecule is Cc1cccc(CN[C@H](c2ccccc2F)c2nccn2C)c1. The van der Waals surface area contributed by atoms with Gasteiger partial charge in [0.15, 0.2) is 0 Å². The zero-order valence-corrected chi connectivity index (χ0v) is 13.3. The predicted molar refractivity (Wildman–Crippen MR) is 89.5 cm³/mol. The van der Waals surface area contributed by atoms with Crippen LogP contribution >= 0.6 is 0 Å². The molecule has 3 aromatic rings. The highest BCUT2D eigenvalue weighted by Crippen LogP contribution is 2.23. The van der Waals surface area contributed by atoms with Crippen molar-refractivity contribution >= 4 is 0 Å². The molecular weight excluding hydrogens is 289 g/mol. The Bertz CT molecular complexity index is 795. The molecule has 2 aromatic carbocycles. The number of nitrogens with zero attached hydrogens (tertiary/aromatic N) is 2. The van der Waals surface area contributed by atoms with Gasteiger partial charge in [-0.05, 0) is 18.6 Å². The molecule has 4 heteroatoms. The van der Waals surface area contributed by atoms with Crippen LogP contribution in [0.3, 0.4) is 0 Å². The van der Waals surface area contributed by atoms with Crippen molar-refractivity contribution in [2.24, 2.45) is 7.05 Å². The quantitative estimate of drug-likeness (QED) is 0.778. The van der Waals surface area contributed by atoms with Crippen molar-refractivity contribution in [3.63, 3.8) is 0 Å². The third-order valence-corrected chi connectivity index (χ3v) is 3.93. The van der Waals surface area contributed by atoms with Crippen molar-refractivity contribution in [2.45, 2.75) is 19.5 Å². The molecule has 1 heterocycles. The Morgan fingerprint density at radius 2 is 2.00 bits per heavy atom. The van der Waals surface area contributed by atoms with Gasteiger partial charge in [-0.3, -0.25) is 5.32 Å². The number of hydrogen-bond acceptors (Lipinski definition) is 2. The lowest BCUT2D eigenvalue weighted by Crippen LogP contribution is -2.25. The number of benzene rings is 2. The average molecular weight is 309 g/mol. The van der Waals surface area contributed by atoms with Crippen molar-refractivity contribution in [3.8, 4) is 0 Å². The van der Waals surface area contributed by atoms with Gasteiger partial charge < -0.3 is 4.57 Å². The molecule has 0 saturated carbocycles. The minimum atomic E-state index is -0.295. The zero-order valence-electron chi connectivity index (χ0n) is 13.3. The van der Waals surface area contributed by atoms with E-state index in [-0.39, 0.29) is 11.9 Å². The first kappa shape index (κ1) is 15.4. The highest BCUT2D eigenvalue weighted by atomic mass is 19.1. The zero-order chi connectivity index (χ0) is 16.2. The summed E-state index contributed by atoms with van der Waals surface area (Å²) in [6, 6.07) is 14.8. The van der Waals surface area contributed by atoms with Crippen molar-refractivity contribution in [2.75, 3.05) is 0 Å². The van der Waals surface area contributed by atoms with Crippen LogP contribution in [0.2, 0.25) is 0 Å². The van der Waals surface area contributed by atoms with E-state index in [4.69, 9.17) is 0 Å². The summed E-state index contributed by atoms with van der Waals surface area (Å²) in [5.41, 5.74) is 2.98. The summed E-state index contributed by atoms with van der Waals surface area (Å²) >= 11 is 0. The molecular formula is C19H20FN3. The Morgan fingerprint density at radius 3 is 2.70 bits per heavy atom. The number of halogens is 1. The fraction of sp³-hybridized carbons (Fsp3) is 0.211. The lowest BCUT2D eigenvalue weighted by atomic mass is 10.0. The largest absolute Gasteiger partial charge is 0.336 e. The van der Waals surface area contributed by atoms with Crippen molar-refractivity contribution in [1.82, 2.24) is 14.9 Å². The molecule has 23 heavy (non-hydrogen) atoms. The summed E-state index contributed by atoms with van der Waals surface area (Å²) in [6.07, 6.45) is 3.61. The van der Waals surface area contributed by atoms with Crippen LogP contribution in [0.25, 0.3) is 0 Å². The molecule has 1 atom stereocenters.